The Balaban J connectivity index is 1.87. The summed E-state index contributed by atoms with van der Waals surface area (Å²) in [6.45, 7) is 12.9. The minimum atomic E-state index is 0.213. The van der Waals surface area contributed by atoms with Crippen molar-refractivity contribution in [3.63, 3.8) is 0 Å². The monoisotopic (exact) mass is 303 g/mol. The van der Waals surface area contributed by atoms with Crippen LogP contribution >= 0.6 is 0 Å². The number of rotatable bonds is 6. The third-order valence-corrected chi connectivity index (χ3v) is 4.09. The van der Waals surface area contributed by atoms with Crippen molar-refractivity contribution in [1.29, 1.82) is 0 Å². The lowest BCUT2D eigenvalue weighted by Crippen LogP contribution is -2.44. The zero-order chi connectivity index (χ0) is 16.0. The number of ether oxygens (including phenoxy) is 1. The highest BCUT2D eigenvalue weighted by Crippen LogP contribution is 2.26. The highest BCUT2D eigenvalue weighted by atomic mass is 16.5. The highest BCUT2D eigenvalue weighted by molar-refractivity contribution is 5.79. The Morgan fingerprint density at radius 2 is 1.95 bits per heavy atom. The molecule has 0 aliphatic carbocycles. The second-order valence-electron chi connectivity index (χ2n) is 6.69. The van der Waals surface area contributed by atoms with E-state index in [1.54, 1.807) is 0 Å². The standard InChI is InChI=1S/C18H29N3O/c1-5-19-17(21-11-18(4)12-22-13-18)20-10-15(3)16-8-6-14(2)7-9-16/h6-9,15H,5,10-13H2,1-4H3,(H2,19,20,21). The number of aliphatic imine (C=N–C) groups is 1. The van der Waals surface area contributed by atoms with Crippen molar-refractivity contribution in [2.45, 2.75) is 33.6 Å². The van der Waals surface area contributed by atoms with Gasteiger partial charge in [0.15, 0.2) is 5.96 Å². The Morgan fingerprint density at radius 1 is 1.27 bits per heavy atom. The van der Waals surface area contributed by atoms with E-state index >= 15 is 0 Å². The van der Waals surface area contributed by atoms with Gasteiger partial charge in [0, 0.05) is 18.5 Å². The van der Waals surface area contributed by atoms with Gasteiger partial charge in [0.25, 0.3) is 0 Å². The highest BCUT2D eigenvalue weighted by Gasteiger charge is 2.33. The Bertz CT molecular complexity index is 492. The molecular formula is C18H29N3O. The van der Waals surface area contributed by atoms with Crippen LogP contribution in [0.3, 0.4) is 0 Å². The predicted molar refractivity (Wildman–Crippen MR) is 92.5 cm³/mol. The fourth-order valence-corrected chi connectivity index (χ4v) is 2.42. The van der Waals surface area contributed by atoms with Gasteiger partial charge in [0.1, 0.15) is 0 Å². The minimum Gasteiger partial charge on any atom is -0.380 e. The molecule has 0 spiro atoms. The van der Waals surface area contributed by atoms with Gasteiger partial charge in [-0.05, 0) is 25.3 Å². The van der Waals surface area contributed by atoms with Gasteiger partial charge in [-0.25, -0.2) is 0 Å². The van der Waals surface area contributed by atoms with Crippen LogP contribution in [0.15, 0.2) is 29.3 Å². The van der Waals surface area contributed by atoms with Crippen LogP contribution in [0.1, 0.15) is 37.8 Å². The normalized spacial score (nSPS) is 18.5. The van der Waals surface area contributed by atoms with Crippen LogP contribution in [0.25, 0.3) is 0 Å². The Hall–Kier alpha value is -1.55. The first kappa shape index (κ1) is 16.8. The number of nitrogens with one attached hydrogen (secondary N) is 2. The molecule has 1 aromatic carbocycles. The van der Waals surface area contributed by atoms with E-state index in [4.69, 9.17) is 9.73 Å². The van der Waals surface area contributed by atoms with Crippen molar-refractivity contribution in [1.82, 2.24) is 10.6 Å². The fraction of sp³-hybridized carbons (Fsp3) is 0.611. The molecule has 4 heteroatoms. The lowest BCUT2D eigenvalue weighted by molar-refractivity contribution is -0.0945. The van der Waals surface area contributed by atoms with Crippen LogP contribution in [0.2, 0.25) is 0 Å². The number of aryl methyl sites for hydroxylation is 1. The number of nitrogens with zero attached hydrogens (tertiary/aromatic N) is 1. The summed E-state index contributed by atoms with van der Waals surface area (Å²) in [5.41, 5.74) is 2.87. The molecule has 2 N–H and O–H groups in total. The van der Waals surface area contributed by atoms with Gasteiger partial charge in [-0.2, -0.15) is 0 Å². The molecule has 1 aliphatic heterocycles. The molecule has 1 atom stereocenters. The Morgan fingerprint density at radius 3 is 2.50 bits per heavy atom. The average molecular weight is 303 g/mol. The minimum absolute atomic E-state index is 0.213. The van der Waals surface area contributed by atoms with E-state index in [-0.39, 0.29) is 5.41 Å². The van der Waals surface area contributed by atoms with Crippen molar-refractivity contribution in [3.8, 4) is 0 Å². The van der Waals surface area contributed by atoms with Crippen molar-refractivity contribution >= 4 is 5.96 Å². The van der Waals surface area contributed by atoms with Gasteiger partial charge in [0.2, 0.25) is 0 Å². The molecule has 0 amide bonds. The number of benzene rings is 1. The van der Waals surface area contributed by atoms with Crippen LogP contribution in [0, 0.1) is 12.3 Å². The van der Waals surface area contributed by atoms with E-state index in [2.05, 4.69) is 62.6 Å². The largest absolute Gasteiger partial charge is 0.380 e. The fourth-order valence-electron chi connectivity index (χ4n) is 2.42. The van der Waals surface area contributed by atoms with Crippen LogP contribution in [0.5, 0.6) is 0 Å². The van der Waals surface area contributed by atoms with Crippen molar-refractivity contribution in [2.75, 3.05) is 32.8 Å². The maximum atomic E-state index is 5.29. The summed E-state index contributed by atoms with van der Waals surface area (Å²) < 4.78 is 5.29. The maximum Gasteiger partial charge on any atom is 0.191 e. The van der Waals surface area contributed by atoms with Crippen LogP contribution in [0.4, 0.5) is 0 Å². The third kappa shape index (κ3) is 4.73. The molecule has 2 rings (SSSR count). The quantitative estimate of drug-likeness (QED) is 0.627. The molecule has 1 heterocycles. The predicted octanol–water partition coefficient (Wildman–Crippen LogP) is 2.69. The molecule has 1 aromatic rings. The van der Waals surface area contributed by atoms with Gasteiger partial charge in [-0.3, -0.25) is 4.99 Å². The van der Waals surface area contributed by atoms with Gasteiger partial charge in [-0.1, -0.05) is 43.7 Å². The van der Waals surface area contributed by atoms with E-state index < -0.39 is 0 Å². The summed E-state index contributed by atoms with van der Waals surface area (Å²) in [7, 11) is 0. The molecule has 4 nitrogen and oxygen atoms in total. The molecule has 1 unspecified atom stereocenters. The van der Waals surface area contributed by atoms with E-state index in [1.807, 2.05) is 0 Å². The molecule has 1 aliphatic rings. The van der Waals surface area contributed by atoms with Gasteiger partial charge < -0.3 is 15.4 Å². The van der Waals surface area contributed by atoms with Crippen LogP contribution < -0.4 is 10.6 Å². The maximum absolute atomic E-state index is 5.29. The smallest absolute Gasteiger partial charge is 0.191 e. The third-order valence-electron chi connectivity index (χ3n) is 4.09. The van der Waals surface area contributed by atoms with Crippen molar-refractivity contribution < 1.29 is 4.74 Å². The summed E-state index contributed by atoms with van der Waals surface area (Å²) in [5, 5.41) is 6.77. The molecule has 0 bridgehead atoms. The number of hydrogen-bond acceptors (Lipinski definition) is 2. The molecule has 0 radical (unpaired) electrons. The zero-order valence-electron chi connectivity index (χ0n) is 14.3. The molecule has 22 heavy (non-hydrogen) atoms. The Labute approximate surface area is 134 Å². The van der Waals surface area contributed by atoms with Crippen LogP contribution in [-0.2, 0) is 4.74 Å². The lowest BCUT2D eigenvalue weighted by atomic mass is 9.89. The first-order chi connectivity index (χ1) is 10.5. The van der Waals surface area contributed by atoms with Gasteiger partial charge >= 0.3 is 0 Å². The summed E-state index contributed by atoms with van der Waals surface area (Å²) in [4.78, 5) is 4.70. The summed E-state index contributed by atoms with van der Waals surface area (Å²) >= 11 is 0. The second-order valence-corrected chi connectivity index (χ2v) is 6.69. The van der Waals surface area contributed by atoms with E-state index in [9.17, 15) is 0 Å². The first-order valence-corrected chi connectivity index (χ1v) is 8.19. The van der Waals surface area contributed by atoms with Crippen molar-refractivity contribution in [2.24, 2.45) is 10.4 Å². The number of guanidine groups is 1. The Kier molecular flexibility index (Phi) is 5.83. The van der Waals surface area contributed by atoms with E-state index in [0.29, 0.717) is 5.92 Å². The number of hydrogen-bond donors (Lipinski definition) is 2. The van der Waals surface area contributed by atoms with E-state index in [0.717, 1.165) is 38.8 Å². The summed E-state index contributed by atoms with van der Waals surface area (Å²) in [6.07, 6.45) is 0. The molecular weight excluding hydrogens is 274 g/mol. The van der Waals surface area contributed by atoms with Crippen LogP contribution in [-0.4, -0.2) is 38.8 Å². The topological polar surface area (TPSA) is 45.7 Å². The van der Waals surface area contributed by atoms with Crippen molar-refractivity contribution in [3.05, 3.63) is 35.4 Å². The van der Waals surface area contributed by atoms with E-state index in [1.165, 1.54) is 11.1 Å². The SMILES string of the molecule is CCNC(=NCC1(C)COC1)NCC(C)c1ccc(C)cc1. The van der Waals surface area contributed by atoms with Gasteiger partial charge in [-0.15, -0.1) is 0 Å². The summed E-state index contributed by atoms with van der Waals surface area (Å²) in [6, 6.07) is 8.75. The molecule has 122 valence electrons. The molecule has 0 aromatic heterocycles. The molecule has 1 saturated heterocycles. The summed E-state index contributed by atoms with van der Waals surface area (Å²) in [5.74, 6) is 1.35. The molecule has 0 saturated carbocycles. The second kappa shape index (κ2) is 7.63. The molecule has 1 fully saturated rings. The lowest BCUT2D eigenvalue weighted by Gasteiger charge is -2.36. The average Bonchev–Trinajstić information content (AvgIpc) is 2.48. The first-order valence-electron chi connectivity index (χ1n) is 8.19. The van der Waals surface area contributed by atoms with Gasteiger partial charge in [0.05, 0.1) is 19.8 Å². The zero-order valence-corrected chi connectivity index (χ0v) is 14.3.